The van der Waals surface area contributed by atoms with Gasteiger partial charge < -0.3 is 23.5 Å². The van der Waals surface area contributed by atoms with Crippen LogP contribution in [0, 0.1) is 33.6 Å². The fraction of sp³-hybridized carbons (Fsp3) is 0.542. The van der Waals surface area contributed by atoms with E-state index in [9.17, 15) is 14.4 Å². The number of piperazine rings is 1. The highest BCUT2D eigenvalue weighted by atomic mass is 16.3. The van der Waals surface area contributed by atoms with Crippen molar-refractivity contribution in [2.45, 2.75) is 40.5 Å². The van der Waals surface area contributed by atoms with Gasteiger partial charge in [-0.25, -0.2) is 0 Å². The van der Waals surface area contributed by atoms with Crippen LogP contribution in [0.5, 0.6) is 0 Å². The summed E-state index contributed by atoms with van der Waals surface area (Å²) in [6.07, 6.45) is 1.32. The van der Waals surface area contributed by atoms with E-state index in [1.807, 2.05) is 23.6 Å². The minimum absolute atomic E-state index is 0.0258. The first-order valence-corrected chi connectivity index (χ1v) is 11.3. The summed E-state index contributed by atoms with van der Waals surface area (Å²) in [7, 11) is 0. The number of aryl methyl sites for hydroxylation is 4. The third-order valence-corrected chi connectivity index (χ3v) is 6.55. The van der Waals surface area contributed by atoms with Crippen LogP contribution < -0.4 is 0 Å². The highest BCUT2D eigenvalue weighted by Crippen LogP contribution is 2.24. The zero-order valence-electron chi connectivity index (χ0n) is 19.3. The summed E-state index contributed by atoms with van der Waals surface area (Å²) in [4.78, 5) is 44.1. The molecule has 2 aliphatic rings. The lowest BCUT2D eigenvalue weighted by atomic mass is 9.94. The van der Waals surface area contributed by atoms with Crippen molar-refractivity contribution in [1.29, 1.82) is 0 Å². The van der Waals surface area contributed by atoms with E-state index in [0.717, 1.165) is 11.5 Å². The predicted octanol–water partition coefficient (Wildman–Crippen LogP) is 2.94. The molecule has 8 nitrogen and oxygen atoms in total. The topological polar surface area (TPSA) is 87.2 Å². The molecule has 4 heterocycles. The molecule has 4 rings (SSSR count). The fourth-order valence-corrected chi connectivity index (χ4v) is 4.74. The van der Waals surface area contributed by atoms with Gasteiger partial charge >= 0.3 is 0 Å². The number of nitrogens with zero attached hydrogens (tertiary/aromatic N) is 3. The molecule has 2 fully saturated rings. The molecule has 0 atom stereocenters. The Morgan fingerprint density at radius 3 is 1.50 bits per heavy atom. The van der Waals surface area contributed by atoms with Crippen molar-refractivity contribution < 1.29 is 23.2 Å². The molecule has 0 saturated carbocycles. The van der Waals surface area contributed by atoms with Gasteiger partial charge in [-0.15, -0.1) is 0 Å². The second-order valence-corrected chi connectivity index (χ2v) is 8.84. The maximum atomic E-state index is 13.1. The molecule has 2 aromatic heterocycles. The van der Waals surface area contributed by atoms with E-state index in [4.69, 9.17) is 8.83 Å². The van der Waals surface area contributed by atoms with E-state index in [2.05, 4.69) is 0 Å². The molecule has 3 amide bonds. The number of furan rings is 2. The van der Waals surface area contributed by atoms with E-state index in [0.29, 0.717) is 74.8 Å². The molecular weight excluding hydrogens is 410 g/mol. The summed E-state index contributed by atoms with van der Waals surface area (Å²) in [6, 6.07) is 3.55. The van der Waals surface area contributed by atoms with Crippen LogP contribution in [0.15, 0.2) is 21.0 Å². The predicted molar refractivity (Wildman–Crippen MR) is 117 cm³/mol. The molecule has 0 bridgehead atoms. The highest BCUT2D eigenvalue weighted by Gasteiger charge is 2.33. The number of carbonyl (C=O) groups excluding carboxylic acids is 3. The van der Waals surface area contributed by atoms with Crippen molar-refractivity contribution in [2.75, 3.05) is 39.3 Å². The normalized spacial score (nSPS) is 17.7. The van der Waals surface area contributed by atoms with Gasteiger partial charge in [0.2, 0.25) is 5.91 Å². The summed E-state index contributed by atoms with van der Waals surface area (Å²) < 4.78 is 11.0. The zero-order valence-corrected chi connectivity index (χ0v) is 19.3. The van der Waals surface area contributed by atoms with Crippen molar-refractivity contribution >= 4 is 17.7 Å². The first-order chi connectivity index (χ1) is 15.2. The summed E-state index contributed by atoms with van der Waals surface area (Å²) >= 11 is 0. The maximum Gasteiger partial charge on any atom is 0.257 e. The van der Waals surface area contributed by atoms with E-state index in [-0.39, 0.29) is 23.6 Å². The Kier molecular flexibility index (Phi) is 6.13. The Balaban J connectivity index is 1.28. The number of hydrogen-bond donors (Lipinski definition) is 0. The SMILES string of the molecule is Cc1cc(C(=O)N2CCC(C(=O)N3CCN(C(=O)c4cc(C)oc4C)CC3)CC2)c(C)o1. The second-order valence-electron chi connectivity index (χ2n) is 8.84. The Hall–Kier alpha value is -3.03. The van der Waals surface area contributed by atoms with Gasteiger partial charge in [0.25, 0.3) is 11.8 Å². The first kappa shape index (κ1) is 22.2. The monoisotopic (exact) mass is 441 g/mol. The van der Waals surface area contributed by atoms with Gasteiger partial charge in [-0.05, 0) is 52.7 Å². The molecule has 0 N–H and O–H groups in total. The lowest BCUT2D eigenvalue weighted by Crippen LogP contribution is -2.53. The van der Waals surface area contributed by atoms with Gasteiger partial charge in [-0.3, -0.25) is 14.4 Å². The summed E-state index contributed by atoms with van der Waals surface area (Å²) in [5, 5.41) is 0. The van der Waals surface area contributed by atoms with E-state index >= 15 is 0 Å². The molecule has 2 aromatic rings. The molecule has 0 spiro atoms. The largest absolute Gasteiger partial charge is 0.466 e. The summed E-state index contributed by atoms with van der Waals surface area (Å²) in [5.74, 6) is 2.72. The summed E-state index contributed by atoms with van der Waals surface area (Å²) in [6.45, 7) is 10.5. The van der Waals surface area contributed by atoms with Crippen LogP contribution in [0.1, 0.15) is 56.6 Å². The molecule has 2 aliphatic heterocycles. The number of carbonyl (C=O) groups is 3. The van der Waals surface area contributed by atoms with Crippen LogP contribution in [-0.2, 0) is 4.79 Å². The van der Waals surface area contributed by atoms with Crippen LogP contribution in [0.4, 0.5) is 0 Å². The van der Waals surface area contributed by atoms with E-state index < -0.39 is 0 Å². The number of rotatable bonds is 3. The minimum atomic E-state index is -0.0766. The van der Waals surface area contributed by atoms with Crippen LogP contribution in [0.2, 0.25) is 0 Å². The second kappa shape index (κ2) is 8.84. The molecule has 0 aliphatic carbocycles. The first-order valence-electron chi connectivity index (χ1n) is 11.3. The average molecular weight is 442 g/mol. The molecule has 0 aromatic carbocycles. The van der Waals surface area contributed by atoms with Gasteiger partial charge in [-0.2, -0.15) is 0 Å². The zero-order chi connectivity index (χ0) is 23.0. The molecule has 0 radical (unpaired) electrons. The fourth-order valence-electron chi connectivity index (χ4n) is 4.74. The molecule has 2 saturated heterocycles. The van der Waals surface area contributed by atoms with E-state index in [1.54, 1.807) is 30.9 Å². The number of piperidine rings is 1. The Morgan fingerprint density at radius 2 is 1.09 bits per heavy atom. The third kappa shape index (κ3) is 4.31. The molecule has 0 unspecified atom stereocenters. The highest BCUT2D eigenvalue weighted by molar-refractivity contribution is 5.96. The van der Waals surface area contributed by atoms with Crippen LogP contribution in [0.3, 0.4) is 0 Å². The van der Waals surface area contributed by atoms with E-state index in [1.165, 1.54) is 0 Å². The minimum Gasteiger partial charge on any atom is -0.466 e. The van der Waals surface area contributed by atoms with Gasteiger partial charge in [0.05, 0.1) is 11.1 Å². The lowest BCUT2D eigenvalue weighted by molar-refractivity contribution is -0.138. The number of likely N-dealkylation sites (tertiary alicyclic amines) is 1. The average Bonchev–Trinajstić information content (AvgIpc) is 3.31. The van der Waals surface area contributed by atoms with Crippen molar-refractivity contribution in [2.24, 2.45) is 5.92 Å². The molecule has 172 valence electrons. The molecule has 32 heavy (non-hydrogen) atoms. The quantitative estimate of drug-likeness (QED) is 0.731. The summed E-state index contributed by atoms with van der Waals surface area (Å²) in [5.41, 5.74) is 1.21. The maximum absolute atomic E-state index is 13.1. The molecule has 8 heteroatoms. The van der Waals surface area contributed by atoms with Gasteiger partial charge in [0.15, 0.2) is 0 Å². The van der Waals surface area contributed by atoms with Crippen molar-refractivity contribution in [3.8, 4) is 0 Å². The van der Waals surface area contributed by atoms with Crippen molar-refractivity contribution in [3.63, 3.8) is 0 Å². The van der Waals surface area contributed by atoms with Gasteiger partial charge in [0, 0.05) is 45.2 Å². The smallest absolute Gasteiger partial charge is 0.257 e. The van der Waals surface area contributed by atoms with Crippen LogP contribution in [-0.4, -0.2) is 71.7 Å². The Morgan fingerprint density at radius 1 is 0.688 bits per heavy atom. The standard InChI is InChI=1S/C24H31N3O5/c1-15-13-20(17(3)31-15)23(29)25-7-5-19(6-8-25)22(28)26-9-11-27(12-10-26)24(30)21-14-16(2)32-18(21)4/h13-14,19H,5-12H2,1-4H3. The van der Waals surface area contributed by atoms with Crippen molar-refractivity contribution in [1.82, 2.24) is 14.7 Å². The van der Waals surface area contributed by atoms with Crippen LogP contribution >= 0.6 is 0 Å². The lowest BCUT2D eigenvalue weighted by Gasteiger charge is -2.38. The number of hydrogen-bond acceptors (Lipinski definition) is 5. The third-order valence-electron chi connectivity index (χ3n) is 6.55. The number of amides is 3. The van der Waals surface area contributed by atoms with Crippen LogP contribution in [0.25, 0.3) is 0 Å². The Labute approximate surface area is 188 Å². The van der Waals surface area contributed by atoms with Gasteiger partial charge in [0.1, 0.15) is 23.0 Å². The van der Waals surface area contributed by atoms with Gasteiger partial charge in [-0.1, -0.05) is 0 Å². The Bertz CT molecular complexity index is 940. The van der Waals surface area contributed by atoms with Crippen molar-refractivity contribution in [3.05, 3.63) is 46.3 Å². The molecular formula is C24H31N3O5.